The molecule has 34 heavy (non-hydrogen) atoms. The van der Waals surface area contributed by atoms with Gasteiger partial charge in [0, 0.05) is 5.56 Å². The highest BCUT2D eigenvalue weighted by atomic mass is 35.5. The fourth-order valence-electron chi connectivity index (χ4n) is 3.70. The van der Waals surface area contributed by atoms with Crippen LogP contribution in [0.3, 0.4) is 0 Å². The van der Waals surface area contributed by atoms with E-state index in [1.807, 2.05) is 54.6 Å². The Hall–Kier alpha value is -3.96. The van der Waals surface area contributed by atoms with Gasteiger partial charge in [-0.05, 0) is 52.1 Å². The van der Waals surface area contributed by atoms with Crippen molar-refractivity contribution in [2.24, 2.45) is 0 Å². The quantitative estimate of drug-likeness (QED) is 0.311. The molecule has 0 aliphatic heterocycles. The van der Waals surface area contributed by atoms with E-state index in [-0.39, 0.29) is 17.4 Å². The zero-order chi connectivity index (χ0) is 24.1. The van der Waals surface area contributed by atoms with E-state index in [4.69, 9.17) is 11.6 Å². The molecule has 1 unspecified atom stereocenters. The Morgan fingerprint density at radius 1 is 0.794 bits per heavy atom. The van der Waals surface area contributed by atoms with Crippen molar-refractivity contribution in [3.63, 3.8) is 0 Å². The first-order chi connectivity index (χ1) is 16.4. The molecule has 0 saturated heterocycles. The zero-order valence-corrected chi connectivity index (χ0v) is 18.8. The molecule has 0 bridgehead atoms. The van der Waals surface area contributed by atoms with Crippen LogP contribution in [0.15, 0.2) is 97.1 Å². The maximum atomic E-state index is 13.4. The minimum atomic E-state index is -1.01. The van der Waals surface area contributed by atoms with Crippen LogP contribution < -0.4 is 5.32 Å². The second kappa shape index (κ2) is 10.3. The molecule has 0 fully saturated rings. The lowest BCUT2D eigenvalue weighted by Crippen LogP contribution is -2.30. The molecule has 4 nitrogen and oxygen atoms in total. The number of hydrogen-bond acceptors (Lipinski definition) is 2. The summed E-state index contributed by atoms with van der Waals surface area (Å²) in [4.78, 5) is 24.3. The van der Waals surface area contributed by atoms with Crippen LogP contribution in [0.2, 0.25) is 5.02 Å². The van der Waals surface area contributed by atoms with E-state index in [0.29, 0.717) is 11.1 Å². The number of amides is 1. The summed E-state index contributed by atoms with van der Waals surface area (Å²) < 4.78 is 13.4. The number of carboxylic acid groups (broad SMARTS) is 1. The van der Waals surface area contributed by atoms with Gasteiger partial charge in [0.1, 0.15) is 5.82 Å². The van der Waals surface area contributed by atoms with E-state index in [1.165, 1.54) is 12.1 Å². The summed E-state index contributed by atoms with van der Waals surface area (Å²) in [5.41, 5.74) is 4.63. The van der Waals surface area contributed by atoms with Crippen molar-refractivity contribution in [3.8, 4) is 22.3 Å². The van der Waals surface area contributed by atoms with Crippen molar-refractivity contribution >= 4 is 23.5 Å². The second-order valence-electron chi connectivity index (χ2n) is 7.82. The SMILES string of the molecule is O=C(O)CC(NC(=O)c1ccc(-c2ccc(F)c(Cl)c2)cc1)c1ccc(-c2ccccc2)cc1. The number of benzene rings is 4. The van der Waals surface area contributed by atoms with Crippen molar-refractivity contribution in [2.75, 3.05) is 0 Å². The summed E-state index contributed by atoms with van der Waals surface area (Å²) in [6, 6.07) is 27.8. The van der Waals surface area contributed by atoms with Crippen LogP contribution in [0.25, 0.3) is 22.3 Å². The largest absolute Gasteiger partial charge is 0.481 e. The highest BCUT2D eigenvalue weighted by Gasteiger charge is 2.19. The molecule has 4 aromatic carbocycles. The van der Waals surface area contributed by atoms with Crippen LogP contribution in [0.1, 0.15) is 28.4 Å². The highest BCUT2D eigenvalue weighted by molar-refractivity contribution is 6.31. The van der Waals surface area contributed by atoms with E-state index >= 15 is 0 Å². The number of rotatable bonds is 7. The van der Waals surface area contributed by atoms with E-state index in [2.05, 4.69) is 5.32 Å². The molecule has 4 rings (SSSR count). The third-order valence-corrected chi connectivity index (χ3v) is 5.79. The van der Waals surface area contributed by atoms with Crippen molar-refractivity contribution in [1.29, 1.82) is 0 Å². The van der Waals surface area contributed by atoms with Crippen LogP contribution in [-0.4, -0.2) is 17.0 Å². The van der Waals surface area contributed by atoms with E-state index < -0.39 is 17.8 Å². The summed E-state index contributed by atoms with van der Waals surface area (Å²) in [6.07, 6.45) is -0.247. The fourth-order valence-corrected chi connectivity index (χ4v) is 3.88. The Labute approximate surface area is 201 Å². The molecule has 0 aliphatic rings. The number of carbonyl (C=O) groups excluding carboxylic acids is 1. The maximum absolute atomic E-state index is 13.4. The van der Waals surface area contributed by atoms with Crippen LogP contribution in [0.5, 0.6) is 0 Å². The number of nitrogens with one attached hydrogen (secondary N) is 1. The van der Waals surface area contributed by atoms with Crippen LogP contribution >= 0.6 is 11.6 Å². The van der Waals surface area contributed by atoms with Crippen LogP contribution in [0, 0.1) is 5.82 Å². The second-order valence-corrected chi connectivity index (χ2v) is 8.23. The topological polar surface area (TPSA) is 66.4 Å². The minimum absolute atomic E-state index is 0.0223. The third-order valence-electron chi connectivity index (χ3n) is 5.50. The van der Waals surface area contributed by atoms with Gasteiger partial charge in [0.25, 0.3) is 5.91 Å². The van der Waals surface area contributed by atoms with Gasteiger partial charge in [0.05, 0.1) is 17.5 Å². The number of aliphatic carboxylic acids is 1. The van der Waals surface area contributed by atoms with E-state index in [0.717, 1.165) is 22.3 Å². The molecule has 0 aliphatic carbocycles. The first kappa shape index (κ1) is 23.2. The molecule has 6 heteroatoms. The first-order valence-corrected chi connectivity index (χ1v) is 11.0. The average molecular weight is 474 g/mol. The van der Waals surface area contributed by atoms with Crippen molar-refractivity contribution in [3.05, 3.63) is 119 Å². The summed E-state index contributed by atoms with van der Waals surface area (Å²) >= 11 is 5.86. The molecular weight excluding hydrogens is 453 g/mol. The number of carbonyl (C=O) groups is 2. The first-order valence-electron chi connectivity index (χ1n) is 10.6. The van der Waals surface area contributed by atoms with Crippen molar-refractivity contribution in [1.82, 2.24) is 5.32 Å². The van der Waals surface area contributed by atoms with Crippen LogP contribution in [-0.2, 0) is 4.79 Å². The third kappa shape index (κ3) is 5.50. The summed E-state index contributed by atoms with van der Waals surface area (Å²) in [5, 5.41) is 12.2. The molecule has 1 amide bonds. The zero-order valence-electron chi connectivity index (χ0n) is 18.0. The Bertz CT molecular complexity index is 1310. The fraction of sp³-hybridized carbons (Fsp3) is 0.0714. The molecule has 4 aromatic rings. The Kier molecular flexibility index (Phi) is 7.04. The predicted octanol–water partition coefficient (Wildman–Crippen LogP) is 6.76. The molecule has 0 heterocycles. The van der Waals surface area contributed by atoms with Gasteiger partial charge in [-0.25, -0.2) is 4.39 Å². The lowest BCUT2D eigenvalue weighted by atomic mass is 9.98. The average Bonchev–Trinajstić information content (AvgIpc) is 2.86. The molecule has 0 saturated carbocycles. The van der Waals surface area contributed by atoms with Gasteiger partial charge in [-0.3, -0.25) is 9.59 Å². The van der Waals surface area contributed by atoms with Gasteiger partial charge in [0.2, 0.25) is 0 Å². The summed E-state index contributed by atoms with van der Waals surface area (Å²) in [7, 11) is 0. The van der Waals surface area contributed by atoms with Crippen molar-refractivity contribution < 1.29 is 19.1 Å². The van der Waals surface area contributed by atoms with Crippen molar-refractivity contribution in [2.45, 2.75) is 12.5 Å². The molecule has 0 aromatic heterocycles. The van der Waals surface area contributed by atoms with Gasteiger partial charge in [-0.15, -0.1) is 0 Å². The smallest absolute Gasteiger partial charge is 0.305 e. The maximum Gasteiger partial charge on any atom is 0.305 e. The monoisotopic (exact) mass is 473 g/mol. The molecule has 1 atom stereocenters. The molecular formula is C28H21ClFNO3. The standard InChI is InChI=1S/C28H21ClFNO3/c29-24-16-23(14-15-25(24)30)20-8-12-22(13-9-20)28(34)31-26(17-27(32)33)21-10-6-19(7-11-21)18-4-2-1-3-5-18/h1-16,26H,17H2,(H,31,34)(H,32,33). The van der Waals surface area contributed by atoms with E-state index in [9.17, 15) is 19.1 Å². The molecule has 0 spiro atoms. The summed E-state index contributed by atoms with van der Waals surface area (Å²) in [6.45, 7) is 0. The number of halogens is 2. The normalized spacial score (nSPS) is 11.6. The Balaban J connectivity index is 1.51. The number of carboxylic acids is 1. The Morgan fingerprint density at radius 2 is 1.35 bits per heavy atom. The predicted molar refractivity (Wildman–Crippen MR) is 131 cm³/mol. The van der Waals surface area contributed by atoms with Crippen LogP contribution in [0.4, 0.5) is 4.39 Å². The molecule has 170 valence electrons. The molecule has 0 radical (unpaired) electrons. The number of hydrogen-bond donors (Lipinski definition) is 2. The highest BCUT2D eigenvalue weighted by Crippen LogP contribution is 2.26. The van der Waals surface area contributed by atoms with E-state index in [1.54, 1.807) is 30.3 Å². The minimum Gasteiger partial charge on any atom is -0.481 e. The van der Waals surface area contributed by atoms with Gasteiger partial charge >= 0.3 is 5.97 Å². The Morgan fingerprint density at radius 3 is 1.97 bits per heavy atom. The lowest BCUT2D eigenvalue weighted by Gasteiger charge is -2.18. The van der Waals surface area contributed by atoms with Gasteiger partial charge in [-0.1, -0.05) is 84.4 Å². The van der Waals surface area contributed by atoms with Gasteiger partial charge in [-0.2, -0.15) is 0 Å². The summed E-state index contributed by atoms with van der Waals surface area (Å²) in [5.74, 6) is -1.90. The van der Waals surface area contributed by atoms with Gasteiger partial charge in [0.15, 0.2) is 0 Å². The molecule has 2 N–H and O–H groups in total. The van der Waals surface area contributed by atoms with Gasteiger partial charge < -0.3 is 10.4 Å². The lowest BCUT2D eigenvalue weighted by molar-refractivity contribution is -0.137.